The number of carbonyl (C=O) groups is 1. The minimum absolute atomic E-state index is 0.0783. The van der Waals surface area contributed by atoms with Crippen LogP contribution in [-0.4, -0.2) is 26.3 Å². The normalized spacial score (nSPS) is 10.8. The maximum absolute atomic E-state index is 12.9. The quantitative estimate of drug-likeness (QED) is 0.739. The molecule has 1 aromatic carbocycles. The Hall–Kier alpha value is -2.76. The highest BCUT2D eigenvalue weighted by atomic mass is 19.1. The standard InChI is InChI=1S/C13H8FN3O2/c14-8-3-1-7(2-4-8)11-12-9(6-16-17-12)10(5-15-11)13(18)19/h1-6H,(H,16,17)(H,18,19). The summed E-state index contributed by atoms with van der Waals surface area (Å²) in [4.78, 5) is 15.2. The predicted molar refractivity (Wildman–Crippen MR) is 66.2 cm³/mol. The van der Waals surface area contributed by atoms with Gasteiger partial charge in [-0.1, -0.05) is 0 Å². The fraction of sp³-hybridized carbons (Fsp3) is 0. The van der Waals surface area contributed by atoms with Gasteiger partial charge in [-0.05, 0) is 24.3 Å². The molecule has 0 fully saturated rings. The second-order valence-electron chi connectivity index (χ2n) is 3.99. The Labute approximate surface area is 106 Å². The van der Waals surface area contributed by atoms with Crippen LogP contribution in [0, 0.1) is 5.82 Å². The van der Waals surface area contributed by atoms with Crippen LogP contribution in [0.5, 0.6) is 0 Å². The molecule has 0 atom stereocenters. The number of hydrogen-bond donors (Lipinski definition) is 2. The molecule has 0 aliphatic rings. The van der Waals surface area contributed by atoms with Gasteiger partial charge in [0, 0.05) is 17.1 Å². The number of nitrogens with zero attached hydrogens (tertiary/aromatic N) is 2. The summed E-state index contributed by atoms with van der Waals surface area (Å²) in [6, 6.07) is 5.81. The lowest BCUT2D eigenvalue weighted by molar-refractivity contribution is 0.0698. The van der Waals surface area contributed by atoms with E-state index in [0.29, 0.717) is 22.2 Å². The van der Waals surface area contributed by atoms with E-state index in [1.807, 2.05) is 0 Å². The first kappa shape index (κ1) is 11.3. The van der Waals surface area contributed by atoms with Gasteiger partial charge in [-0.15, -0.1) is 0 Å². The second-order valence-corrected chi connectivity index (χ2v) is 3.99. The predicted octanol–water partition coefficient (Wildman–Crippen LogP) is 2.46. The molecule has 0 amide bonds. The van der Waals surface area contributed by atoms with Gasteiger partial charge in [0.1, 0.15) is 5.82 Å². The number of aromatic nitrogens is 3. The van der Waals surface area contributed by atoms with Crippen molar-refractivity contribution in [3.63, 3.8) is 0 Å². The molecule has 2 N–H and O–H groups in total. The highest BCUT2D eigenvalue weighted by molar-refractivity contribution is 6.05. The van der Waals surface area contributed by atoms with Gasteiger partial charge in [0.05, 0.1) is 23.0 Å². The molecule has 19 heavy (non-hydrogen) atoms. The van der Waals surface area contributed by atoms with E-state index in [-0.39, 0.29) is 11.4 Å². The summed E-state index contributed by atoms with van der Waals surface area (Å²) in [7, 11) is 0. The number of H-pyrrole nitrogens is 1. The van der Waals surface area contributed by atoms with Gasteiger partial charge in [0.2, 0.25) is 0 Å². The number of aromatic carboxylic acids is 1. The molecule has 3 rings (SSSR count). The molecule has 0 aliphatic carbocycles. The molecule has 0 bridgehead atoms. The Balaban J connectivity index is 2.26. The Morgan fingerprint density at radius 3 is 2.63 bits per heavy atom. The van der Waals surface area contributed by atoms with Gasteiger partial charge < -0.3 is 5.11 Å². The SMILES string of the molecule is O=C(O)c1cnc(-c2ccc(F)cc2)c2[nH]ncc12. The Bertz CT molecular complexity index is 765. The zero-order valence-electron chi connectivity index (χ0n) is 9.59. The monoisotopic (exact) mass is 257 g/mol. The minimum atomic E-state index is -1.07. The molecular weight excluding hydrogens is 249 g/mol. The Kier molecular flexibility index (Phi) is 2.49. The molecule has 6 heteroatoms. The molecule has 2 heterocycles. The van der Waals surface area contributed by atoms with Crippen molar-refractivity contribution in [1.29, 1.82) is 0 Å². The van der Waals surface area contributed by atoms with Crippen molar-refractivity contribution in [1.82, 2.24) is 15.2 Å². The highest BCUT2D eigenvalue weighted by Crippen LogP contribution is 2.27. The van der Waals surface area contributed by atoms with Gasteiger partial charge in [-0.2, -0.15) is 5.10 Å². The Morgan fingerprint density at radius 1 is 1.21 bits per heavy atom. The third-order valence-corrected chi connectivity index (χ3v) is 2.84. The van der Waals surface area contributed by atoms with E-state index < -0.39 is 5.97 Å². The Morgan fingerprint density at radius 2 is 1.95 bits per heavy atom. The fourth-order valence-corrected chi connectivity index (χ4v) is 1.93. The average molecular weight is 257 g/mol. The number of carboxylic acid groups (broad SMARTS) is 1. The van der Waals surface area contributed by atoms with E-state index in [0.717, 1.165) is 0 Å². The van der Waals surface area contributed by atoms with Crippen molar-refractivity contribution in [3.8, 4) is 11.3 Å². The van der Waals surface area contributed by atoms with E-state index >= 15 is 0 Å². The first-order valence-electron chi connectivity index (χ1n) is 5.48. The molecule has 0 unspecified atom stereocenters. The van der Waals surface area contributed by atoms with Crippen molar-refractivity contribution in [3.05, 3.63) is 48.0 Å². The second kappa shape index (κ2) is 4.16. The molecule has 5 nitrogen and oxygen atoms in total. The van der Waals surface area contributed by atoms with Gasteiger partial charge in [-0.3, -0.25) is 10.1 Å². The highest BCUT2D eigenvalue weighted by Gasteiger charge is 2.15. The van der Waals surface area contributed by atoms with Crippen molar-refractivity contribution >= 4 is 16.9 Å². The van der Waals surface area contributed by atoms with Crippen LogP contribution in [0.4, 0.5) is 4.39 Å². The van der Waals surface area contributed by atoms with E-state index in [1.54, 1.807) is 12.1 Å². The molecule has 0 radical (unpaired) electrons. The van der Waals surface area contributed by atoms with Crippen LogP contribution in [0.15, 0.2) is 36.7 Å². The van der Waals surface area contributed by atoms with Crippen LogP contribution >= 0.6 is 0 Å². The summed E-state index contributed by atoms with van der Waals surface area (Å²) in [6.07, 6.45) is 2.71. The van der Waals surface area contributed by atoms with Crippen LogP contribution in [0.2, 0.25) is 0 Å². The maximum Gasteiger partial charge on any atom is 0.338 e. The first-order valence-corrected chi connectivity index (χ1v) is 5.48. The zero-order valence-corrected chi connectivity index (χ0v) is 9.59. The number of aromatic amines is 1. The lowest BCUT2D eigenvalue weighted by atomic mass is 10.1. The topological polar surface area (TPSA) is 78.9 Å². The fourth-order valence-electron chi connectivity index (χ4n) is 1.93. The lowest BCUT2D eigenvalue weighted by Crippen LogP contribution is -1.99. The third-order valence-electron chi connectivity index (χ3n) is 2.84. The number of pyridine rings is 1. The van der Waals surface area contributed by atoms with Crippen molar-refractivity contribution in [2.75, 3.05) is 0 Å². The molecule has 0 saturated heterocycles. The largest absolute Gasteiger partial charge is 0.478 e. The van der Waals surface area contributed by atoms with Gasteiger partial charge in [-0.25, -0.2) is 9.18 Å². The molecule has 0 spiro atoms. The van der Waals surface area contributed by atoms with Gasteiger partial charge in [0.25, 0.3) is 0 Å². The summed E-state index contributed by atoms with van der Waals surface area (Å²) < 4.78 is 12.9. The minimum Gasteiger partial charge on any atom is -0.478 e. The number of hydrogen-bond acceptors (Lipinski definition) is 3. The van der Waals surface area contributed by atoms with E-state index in [4.69, 9.17) is 5.11 Å². The summed E-state index contributed by atoms with van der Waals surface area (Å²) >= 11 is 0. The maximum atomic E-state index is 12.9. The molecule has 3 aromatic rings. The number of rotatable bonds is 2. The third kappa shape index (κ3) is 1.83. The van der Waals surface area contributed by atoms with Gasteiger partial charge >= 0.3 is 5.97 Å². The van der Waals surface area contributed by atoms with Crippen molar-refractivity contribution in [2.45, 2.75) is 0 Å². The van der Waals surface area contributed by atoms with Crippen LogP contribution in [0.25, 0.3) is 22.2 Å². The van der Waals surface area contributed by atoms with E-state index in [1.165, 1.54) is 24.5 Å². The van der Waals surface area contributed by atoms with Gasteiger partial charge in [0.15, 0.2) is 0 Å². The molecule has 2 aromatic heterocycles. The molecular formula is C13H8FN3O2. The summed E-state index contributed by atoms with van der Waals surface area (Å²) in [6.45, 7) is 0. The van der Waals surface area contributed by atoms with Crippen LogP contribution in [-0.2, 0) is 0 Å². The zero-order chi connectivity index (χ0) is 13.4. The number of nitrogens with one attached hydrogen (secondary N) is 1. The number of carboxylic acids is 1. The number of fused-ring (bicyclic) bond motifs is 1. The summed E-state index contributed by atoms with van der Waals surface area (Å²) in [5.41, 5.74) is 1.83. The number of halogens is 1. The van der Waals surface area contributed by atoms with Crippen molar-refractivity contribution in [2.24, 2.45) is 0 Å². The summed E-state index contributed by atoms with van der Waals surface area (Å²) in [5, 5.41) is 16.1. The molecule has 94 valence electrons. The first-order chi connectivity index (χ1) is 9.16. The smallest absolute Gasteiger partial charge is 0.338 e. The van der Waals surface area contributed by atoms with Crippen LogP contribution < -0.4 is 0 Å². The lowest BCUT2D eigenvalue weighted by Gasteiger charge is -2.04. The van der Waals surface area contributed by atoms with Crippen molar-refractivity contribution < 1.29 is 14.3 Å². The molecule has 0 aliphatic heterocycles. The van der Waals surface area contributed by atoms with Crippen LogP contribution in [0.1, 0.15) is 10.4 Å². The number of benzene rings is 1. The molecule has 0 saturated carbocycles. The van der Waals surface area contributed by atoms with Crippen LogP contribution in [0.3, 0.4) is 0 Å². The van der Waals surface area contributed by atoms with E-state index in [9.17, 15) is 9.18 Å². The van der Waals surface area contributed by atoms with E-state index in [2.05, 4.69) is 15.2 Å². The summed E-state index contributed by atoms with van der Waals surface area (Å²) in [5.74, 6) is -1.41. The average Bonchev–Trinajstić information content (AvgIpc) is 2.87.